The third-order valence-electron chi connectivity index (χ3n) is 5.79. The largest absolute Gasteiger partial charge is 0.416 e. The van der Waals surface area contributed by atoms with Crippen molar-refractivity contribution in [2.45, 2.75) is 43.9 Å². The third kappa shape index (κ3) is 5.19. The molecule has 1 N–H and O–H groups in total. The second kappa shape index (κ2) is 9.16. The molecular formula is C23H26F4N2O. The maximum absolute atomic E-state index is 14.0. The molecule has 0 spiro atoms. The highest BCUT2D eigenvalue weighted by atomic mass is 19.4. The Morgan fingerprint density at radius 3 is 2.23 bits per heavy atom. The van der Waals surface area contributed by atoms with Gasteiger partial charge in [0.2, 0.25) is 0 Å². The zero-order valence-corrected chi connectivity index (χ0v) is 17.0. The highest BCUT2D eigenvalue weighted by Crippen LogP contribution is 2.37. The van der Waals surface area contributed by atoms with E-state index in [0.29, 0.717) is 37.0 Å². The molecule has 0 heterocycles. The lowest BCUT2D eigenvalue weighted by atomic mass is 9.78. The van der Waals surface area contributed by atoms with Crippen LogP contribution in [0.25, 0.3) is 0 Å². The van der Waals surface area contributed by atoms with Crippen molar-refractivity contribution in [2.75, 3.05) is 14.1 Å². The maximum atomic E-state index is 14.0. The summed E-state index contributed by atoms with van der Waals surface area (Å²) >= 11 is 0. The van der Waals surface area contributed by atoms with Gasteiger partial charge in [0.1, 0.15) is 5.82 Å². The zero-order chi connectivity index (χ0) is 21.9. The molecule has 2 aromatic rings. The average Bonchev–Trinajstić information content (AvgIpc) is 2.69. The van der Waals surface area contributed by atoms with E-state index in [1.807, 2.05) is 32.3 Å². The van der Waals surface area contributed by atoms with Gasteiger partial charge in [-0.2, -0.15) is 13.2 Å². The average molecular weight is 422 g/mol. The summed E-state index contributed by atoms with van der Waals surface area (Å²) in [5.74, 6) is -1.35. The molecular weight excluding hydrogens is 396 g/mol. The SMILES string of the molecule is CN(C)C(c1ccccc1)C1CCC(NC(=O)c2cc(C(F)(F)F)ccc2F)CC1. The fraction of sp³-hybridized carbons (Fsp3) is 0.435. The summed E-state index contributed by atoms with van der Waals surface area (Å²) in [4.78, 5) is 14.6. The predicted molar refractivity (Wildman–Crippen MR) is 107 cm³/mol. The van der Waals surface area contributed by atoms with Gasteiger partial charge in [0.25, 0.3) is 5.91 Å². The monoisotopic (exact) mass is 422 g/mol. The van der Waals surface area contributed by atoms with Gasteiger partial charge >= 0.3 is 6.18 Å². The van der Waals surface area contributed by atoms with Gasteiger partial charge in [0.15, 0.2) is 0 Å². The van der Waals surface area contributed by atoms with Crippen LogP contribution in [0.15, 0.2) is 48.5 Å². The molecule has 1 aliphatic carbocycles. The highest BCUT2D eigenvalue weighted by molar-refractivity contribution is 5.94. The van der Waals surface area contributed by atoms with Crippen LogP contribution in [-0.4, -0.2) is 30.9 Å². The molecule has 1 saturated carbocycles. The molecule has 0 bridgehead atoms. The number of hydrogen-bond donors (Lipinski definition) is 1. The minimum Gasteiger partial charge on any atom is -0.349 e. The van der Waals surface area contributed by atoms with Crippen molar-refractivity contribution in [1.29, 1.82) is 0 Å². The van der Waals surface area contributed by atoms with Gasteiger partial charge in [-0.05, 0) is 69.5 Å². The van der Waals surface area contributed by atoms with Gasteiger partial charge in [0.05, 0.1) is 11.1 Å². The minimum atomic E-state index is -4.63. The Bertz CT molecular complexity index is 859. The zero-order valence-electron chi connectivity index (χ0n) is 17.0. The Morgan fingerprint density at radius 2 is 1.67 bits per heavy atom. The van der Waals surface area contributed by atoms with E-state index >= 15 is 0 Å². The van der Waals surface area contributed by atoms with E-state index in [1.54, 1.807) is 0 Å². The molecule has 0 aliphatic heterocycles. The summed E-state index contributed by atoms with van der Waals surface area (Å²) in [6.07, 6.45) is -1.48. The molecule has 0 saturated heterocycles. The number of carbonyl (C=O) groups excluding carboxylic acids is 1. The summed E-state index contributed by atoms with van der Waals surface area (Å²) in [5.41, 5.74) is -0.363. The number of nitrogens with one attached hydrogen (secondary N) is 1. The molecule has 3 nitrogen and oxygen atoms in total. The molecule has 0 aromatic heterocycles. The molecule has 7 heteroatoms. The molecule has 1 amide bonds. The smallest absolute Gasteiger partial charge is 0.349 e. The molecule has 162 valence electrons. The molecule has 1 fully saturated rings. The van der Waals surface area contributed by atoms with E-state index in [9.17, 15) is 22.4 Å². The maximum Gasteiger partial charge on any atom is 0.416 e. The predicted octanol–water partition coefficient (Wildman–Crippen LogP) is 5.44. The topological polar surface area (TPSA) is 32.3 Å². The second-order valence-electron chi connectivity index (χ2n) is 8.10. The molecule has 0 radical (unpaired) electrons. The van der Waals surface area contributed by atoms with Gasteiger partial charge in [-0.25, -0.2) is 4.39 Å². The molecule has 1 atom stereocenters. The number of amides is 1. The normalized spacial score (nSPS) is 20.8. The van der Waals surface area contributed by atoms with Crippen LogP contribution in [0, 0.1) is 11.7 Å². The van der Waals surface area contributed by atoms with Crippen LogP contribution < -0.4 is 5.32 Å². The number of benzene rings is 2. The van der Waals surface area contributed by atoms with E-state index in [2.05, 4.69) is 22.3 Å². The van der Waals surface area contributed by atoms with E-state index in [-0.39, 0.29) is 12.1 Å². The van der Waals surface area contributed by atoms with Crippen molar-refractivity contribution >= 4 is 5.91 Å². The summed E-state index contributed by atoms with van der Waals surface area (Å²) in [6, 6.07) is 12.2. The van der Waals surface area contributed by atoms with Gasteiger partial charge in [-0.1, -0.05) is 30.3 Å². The van der Waals surface area contributed by atoms with Crippen LogP contribution in [0.3, 0.4) is 0 Å². The van der Waals surface area contributed by atoms with Crippen LogP contribution in [0.1, 0.15) is 53.2 Å². The fourth-order valence-corrected chi connectivity index (χ4v) is 4.36. The van der Waals surface area contributed by atoms with Gasteiger partial charge < -0.3 is 10.2 Å². The lowest BCUT2D eigenvalue weighted by molar-refractivity contribution is -0.137. The quantitative estimate of drug-likeness (QED) is 0.651. The van der Waals surface area contributed by atoms with Gasteiger partial charge in [-0.15, -0.1) is 0 Å². The second-order valence-corrected chi connectivity index (χ2v) is 8.10. The van der Waals surface area contributed by atoms with Crippen LogP contribution in [-0.2, 0) is 6.18 Å². The van der Waals surface area contributed by atoms with E-state index < -0.39 is 29.0 Å². The molecule has 1 unspecified atom stereocenters. The Labute approximate surface area is 174 Å². The number of alkyl halides is 3. The van der Waals surface area contributed by atoms with E-state index in [4.69, 9.17) is 0 Å². The first kappa shape index (κ1) is 22.3. The summed E-state index contributed by atoms with van der Waals surface area (Å²) < 4.78 is 52.6. The van der Waals surface area contributed by atoms with Crippen molar-refractivity contribution in [1.82, 2.24) is 10.2 Å². The van der Waals surface area contributed by atoms with Crippen LogP contribution in [0.4, 0.5) is 17.6 Å². The Morgan fingerprint density at radius 1 is 1.03 bits per heavy atom. The molecule has 1 aliphatic rings. The number of rotatable bonds is 5. The third-order valence-corrected chi connectivity index (χ3v) is 5.79. The van der Waals surface area contributed by atoms with Crippen molar-refractivity contribution in [3.05, 3.63) is 71.0 Å². The first-order chi connectivity index (χ1) is 14.2. The minimum absolute atomic E-state index is 0.179. The van der Waals surface area contributed by atoms with Crippen molar-refractivity contribution < 1.29 is 22.4 Å². The van der Waals surface area contributed by atoms with Gasteiger partial charge in [0, 0.05) is 12.1 Å². The van der Waals surface area contributed by atoms with Crippen molar-refractivity contribution in [2.24, 2.45) is 5.92 Å². The number of hydrogen-bond acceptors (Lipinski definition) is 2. The Hall–Kier alpha value is -2.41. The van der Waals surface area contributed by atoms with Gasteiger partial charge in [-0.3, -0.25) is 4.79 Å². The standard InChI is InChI=1S/C23H26F4N2O/c1-29(2)21(15-6-4-3-5-7-15)16-8-11-18(12-9-16)28-22(30)19-14-17(23(25,26)27)10-13-20(19)24/h3-7,10,13-14,16,18,21H,8-9,11-12H2,1-2H3,(H,28,30). The summed E-state index contributed by atoms with van der Waals surface area (Å²) in [5, 5.41) is 2.72. The first-order valence-electron chi connectivity index (χ1n) is 10.1. The number of nitrogens with zero attached hydrogens (tertiary/aromatic N) is 1. The van der Waals surface area contributed by atoms with E-state index in [1.165, 1.54) is 5.56 Å². The lowest BCUT2D eigenvalue weighted by Gasteiger charge is -2.37. The molecule has 2 aromatic carbocycles. The summed E-state index contributed by atoms with van der Waals surface area (Å²) in [7, 11) is 4.09. The number of halogens is 4. The number of carbonyl (C=O) groups is 1. The summed E-state index contributed by atoms with van der Waals surface area (Å²) in [6.45, 7) is 0. The first-order valence-corrected chi connectivity index (χ1v) is 10.1. The van der Waals surface area contributed by atoms with E-state index in [0.717, 1.165) is 12.8 Å². The molecule has 3 rings (SSSR count). The van der Waals surface area contributed by atoms with Crippen molar-refractivity contribution in [3.63, 3.8) is 0 Å². The van der Waals surface area contributed by atoms with Crippen LogP contribution in [0.2, 0.25) is 0 Å². The molecule has 30 heavy (non-hydrogen) atoms. The van der Waals surface area contributed by atoms with Crippen molar-refractivity contribution in [3.8, 4) is 0 Å². The van der Waals surface area contributed by atoms with Crippen LogP contribution >= 0.6 is 0 Å². The fourth-order valence-electron chi connectivity index (χ4n) is 4.36. The Kier molecular flexibility index (Phi) is 6.81. The lowest BCUT2D eigenvalue weighted by Crippen LogP contribution is -2.40. The Balaban J connectivity index is 1.64. The van der Waals surface area contributed by atoms with Crippen LogP contribution in [0.5, 0.6) is 0 Å². The highest BCUT2D eigenvalue weighted by Gasteiger charge is 2.33.